The number of hydrogen-bond acceptors (Lipinski definition) is 6. The number of imide groups is 1. The molecule has 0 aromatic heterocycles. The normalized spacial score (nSPS) is 26.2. The van der Waals surface area contributed by atoms with Crippen LogP contribution in [0, 0.1) is 11.8 Å². The van der Waals surface area contributed by atoms with Gasteiger partial charge in [-0.25, -0.2) is 4.90 Å². The Bertz CT molecular complexity index is 1150. The molecule has 4 atom stereocenters. The maximum Gasteiger partial charge on any atom is 0.240 e. The average Bonchev–Trinajstić information content (AvgIpc) is 3.27. The van der Waals surface area contributed by atoms with Gasteiger partial charge in [0.2, 0.25) is 11.8 Å². The van der Waals surface area contributed by atoms with Crippen LogP contribution in [0.4, 0.5) is 5.69 Å². The number of fused-ring (bicyclic) bond motifs is 3. The van der Waals surface area contributed by atoms with Gasteiger partial charge in [0.15, 0.2) is 11.6 Å². The molecule has 0 unspecified atom stereocenters. The minimum absolute atomic E-state index is 0.100. The summed E-state index contributed by atoms with van der Waals surface area (Å²) in [5, 5.41) is 5.93. The third kappa shape index (κ3) is 2.84. The second-order valence-electron chi connectivity index (χ2n) is 7.86. The molecular weight excluding hydrogens is 394 g/mol. The quantitative estimate of drug-likeness (QED) is 0.568. The van der Waals surface area contributed by atoms with E-state index >= 15 is 0 Å². The van der Waals surface area contributed by atoms with E-state index in [2.05, 4.69) is 5.10 Å². The molecule has 0 saturated carbocycles. The van der Waals surface area contributed by atoms with Crippen molar-refractivity contribution in [2.75, 3.05) is 4.90 Å². The number of Topliss-reactive ketones (excluding diaryl/α,β-unsaturated/α-hetero) is 2. The van der Waals surface area contributed by atoms with Gasteiger partial charge in [0.25, 0.3) is 0 Å². The average molecular weight is 413 g/mol. The van der Waals surface area contributed by atoms with Gasteiger partial charge in [-0.05, 0) is 37.3 Å². The van der Waals surface area contributed by atoms with E-state index in [0.717, 1.165) is 4.90 Å². The predicted molar refractivity (Wildman–Crippen MR) is 114 cm³/mol. The highest BCUT2D eigenvalue weighted by Gasteiger charge is 2.64. The molecule has 31 heavy (non-hydrogen) atoms. The topological polar surface area (TPSA) is 87.1 Å². The summed E-state index contributed by atoms with van der Waals surface area (Å²) in [5.74, 6) is -2.65. The molecule has 2 aromatic rings. The van der Waals surface area contributed by atoms with Crippen LogP contribution in [-0.4, -0.2) is 46.7 Å². The van der Waals surface area contributed by atoms with Crippen molar-refractivity contribution in [1.29, 1.82) is 0 Å². The minimum Gasteiger partial charge on any atom is -0.295 e. The van der Waals surface area contributed by atoms with Crippen LogP contribution in [0.15, 0.2) is 71.9 Å². The first-order chi connectivity index (χ1) is 15.0. The minimum atomic E-state index is -0.864. The number of allylic oxidation sites excluding steroid dienone is 1. The Morgan fingerprint density at radius 2 is 1.55 bits per heavy atom. The molecule has 2 fully saturated rings. The molecule has 2 amide bonds. The highest BCUT2D eigenvalue weighted by atomic mass is 16.2. The highest BCUT2D eigenvalue weighted by Crippen LogP contribution is 2.46. The van der Waals surface area contributed by atoms with Gasteiger partial charge in [-0.1, -0.05) is 36.4 Å². The molecule has 7 nitrogen and oxygen atoms in total. The predicted octanol–water partition coefficient (Wildman–Crippen LogP) is 2.49. The summed E-state index contributed by atoms with van der Waals surface area (Å²) >= 11 is 0. The lowest BCUT2D eigenvalue weighted by Crippen LogP contribution is -2.46. The first kappa shape index (κ1) is 19.1. The summed E-state index contributed by atoms with van der Waals surface area (Å²) in [6.07, 6.45) is 5.11. The maximum atomic E-state index is 13.5. The Morgan fingerprint density at radius 3 is 2.23 bits per heavy atom. The number of amides is 2. The van der Waals surface area contributed by atoms with Gasteiger partial charge >= 0.3 is 0 Å². The SMILES string of the molecule is CC(=O)c1ccc(N2C(=O)[C@@H]3[C@H](C2=O)[C@H]2C=CC=NN2[C@@H]3C(=O)c2ccccc2)cc1. The summed E-state index contributed by atoms with van der Waals surface area (Å²) < 4.78 is 0. The van der Waals surface area contributed by atoms with E-state index in [4.69, 9.17) is 0 Å². The van der Waals surface area contributed by atoms with Gasteiger partial charge in [0, 0.05) is 17.3 Å². The molecule has 0 N–H and O–H groups in total. The zero-order valence-corrected chi connectivity index (χ0v) is 16.7. The van der Waals surface area contributed by atoms with Crippen LogP contribution in [0.1, 0.15) is 27.6 Å². The van der Waals surface area contributed by atoms with E-state index in [9.17, 15) is 19.2 Å². The van der Waals surface area contributed by atoms with E-state index in [1.165, 1.54) is 6.92 Å². The third-order valence-corrected chi connectivity index (χ3v) is 6.15. The Hall–Kier alpha value is -3.87. The number of carbonyl (C=O) groups is 4. The van der Waals surface area contributed by atoms with E-state index < -0.39 is 29.8 Å². The number of hydrazone groups is 1. The van der Waals surface area contributed by atoms with Crippen molar-refractivity contribution >= 4 is 35.3 Å². The van der Waals surface area contributed by atoms with Crippen LogP contribution >= 0.6 is 0 Å². The number of carbonyl (C=O) groups excluding carboxylic acids is 4. The molecule has 0 aliphatic carbocycles. The largest absolute Gasteiger partial charge is 0.295 e. The Morgan fingerprint density at radius 1 is 0.871 bits per heavy atom. The monoisotopic (exact) mass is 413 g/mol. The number of benzene rings is 2. The van der Waals surface area contributed by atoms with Crippen LogP contribution < -0.4 is 4.90 Å². The lowest BCUT2D eigenvalue weighted by atomic mass is 9.86. The van der Waals surface area contributed by atoms with Crippen LogP contribution in [0.2, 0.25) is 0 Å². The summed E-state index contributed by atoms with van der Waals surface area (Å²) in [6, 6.07) is 13.8. The number of rotatable bonds is 4. The summed E-state index contributed by atoms with van der Waals surface area (Å²) in [5.41, 5.74) is 1.37. The fourth-order valence-electron chi connectivity index (χ4n) is 4.71. The van der Waals surface area contributed by atoms with E-state index in [-0.39, 0.29) is 17.5 Å². The van der Waals surface area contributed by atoms with Crippen molar-refractivity contribution in [1.82, 2.24) is 5.01 Å². The van der Waals surface area contributed by atoms with Crippen LogP contribution in [0.3, 0.4) is 0 Å². The zero-order valence-electron chi connectivity index (χ0n) is 16.7. The lowest BCUT2D eigenvalue weighted by molar-refractivity contribution is -0.123. The molecule has 2 saturated heterocycles. The Balaban J connectivity index is 1.55. The van der Waals surface area contributed by atoms with Gasteiger partial charge in [0.05, 0.1) is 23.6 Å². The molecule has 154 valence electrons. The standard InChI is InChI=1S/C24H19N3O4/c1-14(28)15-9-11-17(12-10-15)26-23(30)19-18-8-5-13-25-27(18)21(20(19)24(26)31)22(29)16-6-3-2-4-7-16/h2-13,18-21H,1H3/t18-,19-,20-,21+/m1/s1. The lowest BCUT2D eigenvalue weighted by Gasteiger charge is -2.30. The molecular formula is C24H19N3O4. The molecule has 0 bridgehead atoms. The van der Waals surface area contributed by atoms with Crippen molar-refractivity contribution < 1.29 is 19.2 Å². The highest BCUT2D eigenvalue weighted by molar-refractivity contribution is 6.24. The van der Waals surface area contributed by atoms with Gasteiger partial charge in [-0.2, -0.15) is 5.10 Å². The van der Waals surface area contributed by atoms with Crippen LogP contribution in [0.25, 0.3) is 0 Å². The second-order valence-corrected chi connectivity index (χ2v) is 7.86. The molecule has 3 heterocycles. The van der Waals surface area contributed by atoms with E-state index in [1.54, 1.807) is 65.8 Å². The number of nitrogens with zero attached hydrogens (tertiary/aromatic N) is 3. The van der Waals surface area contributed by atoms with Crippen molar-refractivity contribution in [3.63, 3.8) is 0 Å². The first-order valence-electron chi connectivity index (χ1n) is 10.1. The second kappa shape index (κ2) is 7.12. The fourth-order valence-corrected chi connectivity index (χ4v) is 4.71. The summed E-state index contributed by atoms with van der Waals surface area (Å²) in [6.45, 7) is 1.45. The maximum absolute atomic E-state index is 13.5. The molecule has 2 aromatic carbocycles. The molecule has 3 aliphatic rings. The molecule has 0 spiro atoms. The summed E-state index contributed by atoms with van der Waals surface area (Å²) in [7, 11) is 0. The molecule has 5 rings (SSSR count). The smallest absolute Gasteiger partial charge is 0.240 e. The summed E-state index contributed by atoms with van der Waals surface area (Å²) in [4.78, 5) is 53.0. The van der Waals surface area contributed by atoms with Crippen LogP contribution in [0.5, 0.6) is 0 Å². The third-order valence-electron chi connectivity index (χ3n) is 6.15. The number of ketones is 2. The molecule has 7 heteroatoms. The molecule has 3 aliphatic heterocycles. The number of anilines is 1. The van der Waals surface area contributed by atoms with Gasteiger partial charge < -0.3 is 0 Å². The Labute approximate surface area is 178 Å². The zero-order chi connectivity index (χ0) is 21.7. The first-order valence-corrected chi connectivity index (χ1v) is 10.1. The van der Waals surface area contributed by atoms with Crippen molar-refractivity contribution in [3.05, 3.63) is 77.9 Å². The van der Waals surface area contributed by atoms with E-state index in [1.807, 2.05) is 12.1 Å². The number of hydrogen-bond donors (Lipinski definition) is 0. The van der Waals surface area contributed by atoms with Crippen molar-refractivity contribution in [2.45, 2.75) is 19.0 Å². The van der Waals surface area contributed by atoms with Crippen LogP contribution in [-0.2, 0) is 9.59 Å². The van der Waals surface area contributed by atoms with Gasteiger partial charge in [-0.3, -0.25) is 24.2 Å². The van der Waals surface area contributed by atoms with E-state index in [0.29, 0.717) is 16.8 Å². The Kier molecular flexibility index (Phi) is 4.39. The fraction of sp³-hybridized carbons (Fsp3) is 0.208. The van der Waals surface area contributed by atoms with Gasteiger partial charge in [0.1, 0.15) is 6.04 Å². The van der Waals surface area contributed by atoms with Crippen molar-refractivity contribution in [3.8, 4) is 0 Å². The van der Waals surface area contributed by atoms with Crippen molar-refractivity contribution in [2.24, 2.45) is 16.9 Å². The molecule has 0 radical (unpaired) electrons. The van der Waals surface area contributed by atoms with Gasteiger partial charge in [-0.15, -0.1) is 0 Å².